The van der Waals surface area contributed by atoms with Crippen molar-refractivity contribution in [2.24, 2.45) is 0 Å². The first-order valence-electron chi connectivity index (χ1n) is 12.7. The maximum Gasteiger partial charge on any atom is 0.336 e. The summed E-state index contributed by atoms with van der Waals surface area (Å²) in [4.78, 5) is 26.7. The van der Waals surface area contributed by atoms with Crippen molar-refractivity contribution in [2.75, 3.05) is 14.2 Å². The molecule has 5 rings (SSSR count). The lowest BCUT2D eigenvalue weighted by atomic mass is 9.71. The van der Waals surface area contributed by atoms with Gasteiger partial charge in [-0.3, -0.25) is 4.79 Å². The van der Waals surface area contributed by atoms with Gasteiger partial charge in [-0.2, -0.15) is 0 Å². The summed E-state index contributed by atoms with van der Waals surface area (Å²) in [6.45, 7) is 2.25. The average Bonchev–Trinajstić information content (AvgIpc) is 2.95. The van der Waals surface area contributed by atoms with Crippen LogP contribution in [0.5, 0.6) is 11.5 Å². The average molecular weight is 510 g/mol. The van der Waals surface area contributed by atoms with Crippen molar-refractivity contribution in [2.45, 2.75) is 38.2 Å². The molecule has 0 bridgehead atoms. The Morgan fingerprint density at radius 2 is 1.61 bits per heavy atom. The molecule has 0 amide bonds. The van der Waals surface area contributed by atoms with E-state index in [2.05, 4.69) is 17.4 Å². The number of esters is 1. The van der Waals surface area contributed by atoms with Gasteiger partial charge in [0, 0.05) is 29.3 Å². The molecule has 194 valence electrons. The highest BCUT2D eigenvalue weighted by atomic mass is 16.5. The van der Waals surface area contributed by atoms with Gasteiger partial charge in [-0.1, -0.05) is 66.7 Å². The summed E-state index contributed by atoms with van der Waals surface area (Å²) in [7, 11) is 2.94. The van der Waals surface area contributed by atoms with E-state index in [1.54, 1.807) is 7.11 Å². The minimum atomic E-state index is -0.569. The number of dihydropyridines is 1. The SMILES string of the molecule is COC(=O)C1=C(C)NC2=C(C(=O)C[C@H](c3ccccc3)C2)[C@@H]1c1ccc(OCc2ccccc2)c(OC)c1. The van der Waals surface area contributed by atoms with Crippen molar-refractivity contribution in [1.82, 2.24) is 5.32 Å². The molecule has 6 heteroatoms. The van der Waals surface area contributed by atoms with E-state index in [-0.39, 0.29) is 11.7 Å². The van der Waals surface area contributed by atoms with Crippen LogP contribution < -0.4 is 14.8 Å². The van der Waals surface area contributed by atoms with Gasteiger partial charge in [-0.15, -0.1) is 0 Å². The Morgan fingerprint density at radius 1 is 0.895 bits per heavy atom. The van der Waals surface area contributed by atoms with Crippen molar-refractivity contribution < 1.29 is 23.8 Å². The standard InChI is InChI=1S/C32H31NO5/c1-20-29(32(35)37-3)30(31-25(33-20)16-24(17-26(31)34)22-12-8-5-9-13-22)23-14-15-27(28(18-23)36-2)38-19-21-10-6-4-7-11-21/h4-15,18,24,30,33H,16-17,19H2,1-3H3/t24-,30-/m1/s1. The molecule has 0 saturated carbocycles. The maximum absolute atomic E-state index is 13.7. The van der Waals surface area contributed by atoms with Crippen LogP contribution in [-0.4, -0.2) is 26.0 Å². The van der Waals surface area contributed by atoms with E-state index in [4.69, 9.17) is 14.2 Å². The lowest BCUT2D eigenvalue weighted by molar-refractivity contribution is -0.136. The van der Waals surface area contributed by atoms with Crippen molar-refractivity contribution in [1.29, 1.82) is 0 Å². The normalized spacial score (nSPS) is 19.0. The molecule has 1 N–H and O–H groups in total. The molecule has 3 aromatic carbocycles. The predicted octanol–water partition coefficient (Wildman–Crippen LogP) is 5.81. The van der Waals surface area contributed by atoms with Gasteiger partial charge in [0.15, 0.2) is 17.3 Å². The second-order valence-electron chi connectivity index (χ2n) is 9.60. The van der Waals surface area contributed by atoms with Gasteiger partial charge in [0.25, 0.3) is 0 Å². The molecule has 0 saturated heterocycles. The lowest BCUT2D eigenvalue weighted by Crippen LogP contribution is -2.36. The Morgan fingerprint density at radius 3 is 2.29 bits per heavy atom. The summed E-state index contributed by atoms with van der Waals surface area (Å²) >= 11 is 0. The molecule has 1 aliphatic carbocycles. The lowest BCUT2D eigenvalue weighted by Gasteiger charge is -2.36. The van der Waals surface area contributed by atoms with Gasteiger partial charge in [0.2, 0.25) is 0 Å². The summed E-state index contributed by atoms with van der Waals surface area (Å²) in [6, 6.07) is 25.6. The largest absolute Gasteiger partial charge is 0.493 e. The van der Waals surface area contributed by atoms with E-state index >= 15 is 0 Å². The van der Waals surface area contributed by atoms with Crippen LogP contribution in [0.1, 0.15) is 48.3 Å². The summed E-state index contributed by atoms with van der Waals surface area (Å²) in [5.74, 6) is 0.184. The molecule has 1 aliphatic heterocycles. The number of allylic oxidation sites excluding steroid dienone is 3. The minimum Gasteiger partial charge on any atom is -0.493 e. The van der Waals surface area contributed by atoms with Gasteiger partial charge in [-0.25, -0.2) is 4.79 Å². The van der Waals surface area contributed by atoms with Gasteiger partial charge in [-0.05, 0) is 48.1 Å². The Bertz CT molecular complexity index is 1410. The van der Waals surface area contributed by atoms with Crippen molar-refractivity contribution in [3.63, 3.8) is 0 Å². The molecule has 0 radical (unpaired) electrons. The molecule has 2 aliphatic rings. The summed E-state index contributed by atoms with van der Waals surface area (Å²) in [6.07, 6.45) is 1.06. The molecule has 1 heterocycles. The van der Waals surface area contributed by atoms with E-state index in [0.29, 0.717) is 47.8 Å². The van der Waals surface area contributed by atoms with Crippen LogP contribution in [0.4, 0.5) is 0 Å². The minimum absolute atomic E-state index is 0.0230. The molecule has 6 nitrogen and oxygen atoms in total. The van der Waals surface area contributed by atoms with Crippen molar-refractivity contribution in [3.05, 3.63) is 118 Å². The van der Waals surface area contributed by atoms with Gasteiger partial charge in [0.05, 0.1) is 19.8 Å². The van der Waals surface area contributed by atoms with Crippen LogP contribution in [0.25, 0.3) is 0 Å². The molecule has 0 unspecified atom stereocenters. The summed E-state index contributed by atoms with van der Waals surface area (Å²) in [5, 5.41) is 3.37. The number of carbonyl (C=O) groups is 2. The topological polar surface area (TPSA) is 73.9 Å². The third kappa shape index (κ3) is 4.94. The third-order valence-corrected chi connectivity index (χ3v) is 7.26. The Balaban J connectivity index is 1.53. The number of hydrogen-bond donors (Lipinski definition) is 1. The number of hydrogen-bond acceptors (Lipinski definition) is 6. The second-order valence-corrected chi connectivity index (χ2v) is 9.60. The number of benzene rings is 3. The first kappa shape index (κ1) is 25.3. The fourth-order valence-corrected chi connectivity index (χ4v) is 5.43. The van der Waals surface area contributed by atoms with E-state index in [1.807, 2.05) is 73.7 Å². The second kappa shape index (κ2) is 11.0. The van der Waals surface area contributed by atoms with Crippen molar-refractivity contribution in [3.8, 4) is 11.5 Å². The van der Waals surface area contributed by atoms with Gasteiger partial charge < -0.3 is 19.5 Å². The third-order valence-electron chi connectivity index (χ3n) is 7.26. The predicted molar refractivity (Wildman–Crippen MR) is 145 cm³/mol. The highest BCUT2D eigenvalue weighted by Gasteiger charge is 2.41. The van der Waals surface area contributed by atoms with Crippen LogP contribution in [0, 0.1) is 0 Å². The first-order valence-corrected chi connectivity index (χ1v) is 12.7. The smallest absolute Gasteiger partial charge is 0.336 e. The van der Waals surface area contributed by atoms with Crippen LogP contribution in [0.15, 0.2) is 101 Å². The molecular weight excluding hydrogens is 478 g/mol. The zero-order chi connectivity index (χ0) is 26.6. The number of rotatable bonds is 7. The van der Waals surface area contributed by atoms with Crippen LogP contribution >= 0.6 is 0 Å². The molecule has 2 atom stereocenters. The quantitative estimate of drug-likeness (QED) is 0.405. The van der Waals surface area contributed by atoms with Gasteiger partial charge in [0.1, 0.15) is 6.61 Å². The fraction of sp³-hybridized carbons (Fsp3) is 0.250. The number of Topliss-reactive ketones (excluding diaryl/α,β-unsaturated/α-hetero) is 1. The van der Waals surface area contributed by atoms with E-state index in [9.17, 15) is 9.59 Å². The fourth-order valence-electron chi connectivity index (χ4n) is 5.43. The summed E-state index contributed by atoms with van der Waals surface area (Å²) in [5.41, 5.74) is 5.53. The van der Waals surface area contributed by atoms with E-state index in [1.165, 1.54) is 7.11 Å². The molecule has 0 fully saturated rings. The highest BCUT2D eigenvalue weighted by molar-refractivity contribution is 6.04. The molecule has 0 spiro atoms. The Labute approximate surface area is 222 Å². The zero-order valence-corrected chi connectivity index (χ0v) is 21.8. The number of methoxy groups -OCH3 is 2. The molecule has 0 aromatic heterocycles. The molecule has 3 aromatic rings. The molecular formula is C32H31NO5. The highest BCUT2D eigenvalue weighted by Crippen LogP contribution is 2.47. The Hall–Kier alpha value is -4.32. The number of ether oxygens (including phenoxy) is 3. The van der Waals surface area contributed by atoms with Crippen LogP contribution in [0.3, 0.4) is 0 Å². The first-order chi connectivity index (χ1) is 18.5. The maximum atomic E-state index is 13.7. The Kier molecular flexibility index (Phi) is 7.31. The summed E-state index contributed by atoms with van der Waals surface area (Å²) < 4.78 is 16.9. The van der Waals surface area contributed by atoms with Crippen molar-refractivity contribution >= 4 is 11.8 Å². The number of carbonyl (C=O) groups excluding carboxylic acids is 2. The zero-order valence-electron chi connectivity index (χ0n) is 21.8. The monoisotopic (exact) mass is 509 g/mol. The number of nitrogens with one attached hydrogen (secondary N) is 1. The molecule has 38 heavy (non-hydrogen) atoms. The number of ketones is 1. The van der Waals surface area contributed by atoms with E-state index < -0.39 is 11.9 Å². The van der Waals surface area contributed by atoms with Crippen LogP contribution in [-0.2, 0) is 20.9 Å². The van der Waals surface area contributed by atoms with Crippen LogP contribution in [0.2, 0.25) is 0 Å². The van der Waals surface area contributed by atoms with E-state index in [0.717, 1.165) is 22.4 Å². The van der Waals surface area contributed by atoms with Gasteiger partial charge >= 0.3 is 5.97 Å².